The Bertz CT molecular complexity index is 1740. The van der Waals surface area contributed by atoms with Crippen LogP contribution in [-0.2, 0) is 14.1 Å². The quantitative estimate of drug-likeness (QED) is 0.410. The Morgan fingerprint density at radius 1 is 0.857 bits per heavy atom. The number of nitrogens with one attached hydrogen (secondary N) is 1. The molecule has 0 fully saturated rings. The van der Waals surface area contributed by atoms with E-state index in [4.69, 9.17) is 0 Å². The number of rotatable bonds is 2. The van der Waals surface area contributed by atoms with Crippen LogP contribution in [0, 0.1) is 6.92 Å². The van der Waals surface area contributed by atoms with Crippen LogP contribution in [0.25, 0.3) is 27.8 Å². The molecule has 0 spiro atoms. The second kappa shape index (κ2) is 7.50. The fourth-order valence-electron chi connectivity index (χ4n) is 5.12. The number of aryl methyl sites for hydroxylation is 2. The molecule has 0 bridgehead atoms. The monoisotopic (exact) mass is 464 g/mol. The molecule has 0 saturated heterocycles. The topological polar surface area (TPSA) is 81.2 Å². The first-order chi connectivity index (χ1) is 16.9. The third kappa shape index (κ3) is 2.98. The van der Waals surface area contributed by atoms with Crippen molar-refractivity contribution in [2.75, 3.05) is 5.32 Å². The number of nitrogens with zero attached hydrogens (tertiary/aromatic N) is 3. The maximum absolute atomic E-state index is 13.7. The van der Waals surface area contributed by atoms with Crippen LogP contribution in [0.3, 0.4) is 0 Å². The molecule has 3 aromatic carbocycles. The third-order valence-corrected chi connectivity index (χ3v) is 6.88. The zero-order valence-corrected chi connectivity index (χ0v) is 19.6. The van der Waals surface area contributed by atoms with E-state index in [9.17, 15) is 14.7 Å². The number of para-hydroxylation sites is 2. The van der Waals surface area contributed by atoms with Gasteiger partial charge in [0, 0.05) is 14.1 Å². The van der Waals surface area contributed by atoms with Crippen molar-refractivity contribution >= 4 is 16.6 Å². The molecule has 0 amide bonds. The van der Waals surface area contributed by atoms with Crippen LogP contribution in [0.2, 0.25) is 0 Å². The number of phenols is 1. The Kier molecular flexibility index (Phi) is 4.51. The Hall–Kier alpha value is -4.52. The van der Waals surface area contributed by atoms with Gasteiger partial charge in [-0.05, 0) is 42.3 Å². The minimum Gasteiger partial charge on any atom is -0.508 e. The molecular formula is C28H24N4O3. The fraction of sp³-hybridized carbons (Fsp3) is 0.143. The maximum Gasteiger partial charge on any atom is 0.331 e. The van der Waals surface area contributed by atoms with E-state index in [0.717, 1.165) is 39.5 Å². The van der Waals surface area contributed by atoms with E-state index in [2.05, 4.69) is 9.88 Å². The molecule has 0 aliphatic carbocycles. The van der Waals surface area contributed by atoms with Gasteiger partial charge in [-0.15, -0.1) is 0 Å². The molecule has 1 atom stereocenters. The molecule has 1 aliphatic heterocycles. The van der Waals surface area contributed by atoms with Crippen molar-refractivity contribution in [2.45, 2.75) is 13.0 Å². The highest BCUT2D eigenvalue weighted by molar-refractivity contribution is 5.99. The van der Waals surface area contributed by atoms with Gasteiger partial charge in [0.1, 0.15) is 5.75 Å². The van der Waals surface area contributed by atoms with Crippen LogP contribution in [0.5, 0.6) is 5.75 Å². The molecule has 174 valence electrons. The minimum atomic E-state index is -0.380. The lowest BCUT2D eigenvalue weighted by Crippen LogP contribution is -2.37. The summed E-state index contributed by atoms with van der Waals surface area (Å²) >= 11 is 0. The van der Waals surface area contributed by atoms with Crippen LogP contribution < -0.4 is 16.6 Å². The Labute approximate surface area is 201 Å². The average Bonchev–Trinajstić information content (AvgIpc) is 3.23. The van der Waals surface area contributed by atoms with Gasteiger partial charge in [0.25, 0.3) is 5.56 Å². The molecular weight excluding hydrogens is 440 g/mol. The Morgan fingerprint density at radius 3 is 2.26 bits per heavy atom. The predicted molar refractivity (Wildman–Crippen MR) is 138 cm³/mol. The van der Waals surface area contributed by atoms with Crippen molar-refractivity contribution in [1.29, 1.82) is 0 Å². The van der Waals surface area contributed by atoms with E-state index in [0.29, 0.717) is 10.9 Å². The first-order valence-electron chi connectivity index (χ1n) is 11.4. The van der Waals surface area contributed by atoms with Gasteiger partial charge in [-0.1, -0.05) is 54.1 Å². The molecule has 0 radical (unpaired) electrons. The second-order valence-electron chi connectivity index (χ2n) is 9.05. The SMILES string of the molecule is Cc1ccc(-c2c3c(=O)n(C)c(=O)n(C)c3c3n2-c2ccccc2N[C@H]3c2ccc(O)cc2)cc1. The average molecular weight is 465 g/mol. The van der Waals surface area contributed by atoms with E-state index in [1.165, 1.54) is 11.6 Å². The summed E-state index contributed by atoms with van der Waals surface area (Å²) in [6.07, 6.45) is 0. The maximum atomic E-state index is 13.7. The summed E-state index contributed by atoms with van der Waals surface area (Å²) in [5.74, 6) is 0.173. The van der Waals surface area contributed by atoms with Gasteiger partial charge >= 0.3 is 5.69 Å². The highest BCUT2D eigenvalue weighted by Gasteiger charge is 2.34. The second-order valence-corrected chi connectivity index (χ2v) is 9.05. The normalized spacial score (nSPS) is 14.4. The molecule has 0 unspecified atom stereocenters. The van der Waals surface area contributed by atoms with Crippen molar-refractivity contribution < 1.29 is 5.11 Å². The number of phenolic OH excluding ortho intramolecular Hbond substituents is 1. The van der Waals surface area contributed by atoms with Gasteiger partial charge in [0.05, 0.1) is 39.7 Å². The fourth-order valence-corrected chi connectivity index (χ4v) is 5.12. The summed E-state index contributed by atoms with van der Waals surface area (Å²) in [4.78, 5) is 26.7. The lowest BCUT2D eigenvalue weighted by Gasteiger charge is -2.31. The zero-order valence-electron chi connectivity index (χ0n) is 19.6. The van der Waals surface area contributed by atoms with E-state index in [1.54, 1.807) is 23.7 Å². The largest absolute Gasteiger partial charge is 0.508 e. The molecule has 6 rings (SSSR count). The van der Waals surface area contributed by atoms with Crippen LogP contribution in [0.15, 0.2) is 82.4 Å². The Balaban J connectivity index is 1.85. The summed E-state index contributed by atoms with van der Waals surface area (Å²) in [6, 6.07) is 22.7. The molecule has 7 nitrogen and oxygen atoms in total. The third-order valence-electron chi connectivity index (χ3n) is 6.88. The van der Waals surface area contributed by atoms with Crippen molar-refractivity contribution in [3.8, 4) is 22.7 Å². The van der Waals surface area contributed by atoms with E-state index >= 15 is 0 Å². The number of benzene rings is 3. The molecule has 2 aromatic heterocycles. The number of hydrogen-bond acceptors (Lipinski definition) is 4. The predicted octanol–water partition coefficient (Wildman–Crippen LogP) is 4.22. The minimum absolute atomic E-state index is 0.173. The molecule has 1 aliphatic rings. The van der Waals surface area contributed by atoms with Crippen molar-refractivity contribution in [3.63, 3.8) is 0 Å². The molecule has 3 heterocycles. The van der Waals surface area contributed by atoms with E-state index in [-0.39, 0.29) is 23.0 Å². The van der Waals surface area contributed by atoms with Gasteiger partial charge in [0.15, 0.2) is 0 Å². The molecule has 7 heteroatoms. The highest BCUT2D eigenvalue weighted by atomic mass is 16.3. The lowest BCUT2D eigenvalue weighted by molar-refractivity contribution is 0.475. The summed E-state index contributed by atoms with van der Waals surface area (Å²) < 4.78 is 4.84. The number of hydrogen-bond donors (Lipinski definition) is 2. The van der Waals surface area contributed by atoms with E-state index < -0.39 is 0 Å². The molecule has 35 heavy (non-hydrogen) atoms. The van der Waals surface area contributed by atoms with E-state index in [1.807, 2.05) is 67.6 Å². The lowest BCUT2D eigenvalue weighted by atomic mass is 9.99. The van der Waals surface area contributed by atoms with Gasteiger partial charge in [-0.25, -0.2) is 4.79 Å². The molecule has 5 aromatic rings. The summed E-state index contributed by atoms with van der Waals surface area (Å²) in [7, 11) is 3.22. The van der Waals surface area contributed by atoms with Gasteiger partial charge < -0.3 is 15.0 Å². The van der Waals surface area contributed by atoms with Crippen LogP contribution in [-0.4, -0.2) is 18.8 Å². The molecule has 2 N–H and O–H groups in total. The van der Waals surface area contributed by atoms with Crippen molar-refractivity contribution in [1.82, 2.24) is 13.7 Å². The first kappa shape index (κ1) is 21.0. The standard InChI is InChI=1S/C28H24N4O3/c1-16-8-10-18(11-9-16)24-22-25(30(2)28(35)31(3)27(22)34)26-23(17-12-14-19(33)15-13-17)29-20-6-4-5-7-21(20)32(24)26/h4-15,23,29,33H,1-3H3/t23-/m0/s1. The Morgan fingerprint density at radius 2 is 1.54 bits per heavy atom. The molecule has 0 saturated carbocycles. The number of aromatic hydroxyl groups is 1. The number of anilines is 1. The first-order valence-corrected chi connectivity index (χ1v) is 11.4. The van der Waals surface area contributed by atoms with Gasteiger partial charge in [-0.2, -0.15) is 0 Å². The smallest absolute Gasteiger partial charge is 0.331 e. The highest BCUT2D eigenvalue weighted by Crippen LogP contribution is 2.45. The van der Waals surface area contributed by atoms with Crippen LogP contribution in [0.1, 0.15) is 22.9 Å². The number of fused-ring (bicyclic) bond motifs is 5. The van der Waals surface area contributed by atoms with Crippen molar-refractivity contribution in [3.05, 3.63) is 110 Å². The van der Waals surface area contributed by atoms with Crippen LogP contribution >= 0.6 is 0 Å². The summed E-state index contributed by atoms with van der Waals surface area (Å²) in [5.41, 5.74) is 6.16. The summed E-state index contributed by atoms with van der Waals surface area (Å²) in [6.45, 7) is 2.03. The van der Waals surface area contributed by atoms with Gasteiger partial charge in [0.2, 0.25) is 0 Å². The van der Waals surface area contributed by atoms with Crippen LogP contribution in [0.4, 0.5) is 5.69 Å². The van der Waals surface area contributed by atoms with Crippen molar-refractivity contribution in [2.24, 2.45) is 14.1 Å². The summed E-state index contributed by atoms with van der Waals surface area (Å²) in [5, 5.41) is 14.0. The zero-order chi connectivity index (χ0) is 24.4. The number of aromatic nitrogens is 3. The van der Waals surface area contributed by atoms with Gasteiger partial charge in [-0.3, -0.25) is 13.9 Å².